The van der Waals surface area contributed by atoms with E-state index in [1.54, 1.807) is 7.11 Å². The Kier molecular flexibility index (Phi) is 14.2. The summed E-state index contributed by atoms with van der Waals surface area (Å²) in [6, 6.07) is 13.2. The Balaban J connectivity index is 1.36. The molecule has 0 saturated carbocycles. The minimum atomic E-state index is -1.54. The highest BCUT2D eigenvalue weighted by molar-refractivity contribution is 6.74. The van der Waals surface area contributed by atoms with Crippen molar-refractivity contribution in [2.24, 2.45) is 0 Å². The molecule has 0 aliphatic carbocycles. The summed E-state index contributed by atoms with van der Waals surface area (Å²) in [7, 11) is 0.188. The van der Waals surface area contributed by atoms with Crippen molar-refractivity contribution < 1.29 is 9.16 Å². The van der Waals surface area contributed by atoms with Crippen LogP contribution in [0.15, 0.2) is 36.4 Å². The molecule has 0 saturated heterocycles. The molecule has 0 unspecified atom stereocenters. The molecule has 36 heavy (non-hydrogen) atoms. The quantitative estimate of drug-likeness (QED) is 0.138. The number of aryl methyl sites for hydroxylation is 1. The van der Waals surface area contributed by atoms with Crippen molar-refractivity contribution in [3.63, 3.8) is 0 Å². The first-order chi connectivity index (χ1) is 17.2. The molecule has 2 aromatic rings. The lowest BCUT2D eigenvalue weighted by atomic mass is 10.0. The van der Waals surface area contributed by atoms with Crippen molar-refractivity contribution in [3.8, 4) is 5.75 Å². The average Bonchev–Trinajstić information content (AvgIpc) is 2.84. The van der Waals surface area contributed by atoms with Crippen LogP contribution in [-0.4, -0.2) is 22.0 Å². The molecule has 0 atom stereocenters. The molecule has 0 spiro atoms. The molecule has 2 nitrogen and oxygen atoms in total. The van der Waals surface area contributed by atoms with Gasteiger partial charge in [0, 0.05) is 6.61 Å². The summed E-state index contributed by atoms with van der Waals surface area (Å²) in [6.07, 6.45) is 20.6. The number of ether oxygens (including phenoxy) is 1. The first-order valence-corrected chi connectivity index (χ1v) is 17.8. The predicted octanol–water partition coefficient (Wildman–Crippen LogP) is 10.9. The van der Waals surface area contributed by atoms with Crippen LogP contribution in [0.2, 0.25) is 18.1 Å². The van der Waals surface area contributed by atoms with Gasteiger partial charge in [0.15, 0.2) is 8.32 Å². The minimum absolute atomic E-state index is 0.335. The number of hydrogen-bond donors (Lipinski definition) is 0. The van der Waals surface area contributed by atoms with E-state index in [1.807, 2.05) is 0 Å². The van der Waals surface area contributed by atoms with Gasteiger partial charge in [-0.2, -0.15) is 0 Å². The van der Waals surface area contributed by atoms with Crippen molar-refractivity contribution >= 4 is 19.1 Å². The Morgan fingerprint density at radius 2 is 1.08 bits per heavy atom. The fourth-order valence-corrected chi connectivity index (χ4v) is 5.74. The van der Waals surface area contributed by atoms with Gasteiger partial charge >= 0.3 is 0 Å². The van der Waals surface area contributed by atoms with Crippen LogP contribution >= 0.6 is 0 Å². The molecule has 0 heterocycles. The first-order valence-electron chi connectivity index (χ1n) is 14.9. The van der Waals surface area contributed by atoms with Gasteiger partial charge in [-0.25, -0.2) is 0 Å². The van der Waals surface area contributed by atoms with E-state index in [4.69, 9.17) is 9.16 Å². The van der Waals surface area contributed by atoms with Crippen LogP contribution < -0.4 is 4.74 Å². The lowest BCUT2D eigenvalue weighted by Gasteiger charge is -2.36. The monoisotopic (exact) mass is 512 g/mol. The van der Waals surface area contributed by atoms with E-state index in [0.29, 0.717) is 5.04 Å². The van der Waals surface area contributed by atoms with Gasteiger partial charge in [-0.15, -0.1) is 0 Å². The summed E-state index contributed by atoms with van der Waals surface area (Å²) in [5.74, 6) is 0.935. The zero-order valence-corrected chi connectivity index (χ0v) is 25.6. The van der Waals surface area contributed by atoms with Gasteiger partial charge in [0.05, 0.1) is 7.11 Å². The maximum atomic E-state index is 6.28. The maximum Gasteiger partial charge on any atom is 0.191 e. The van der Waals surface area contributed by atoms with E-state index in [1.165, 1.54) is 113 Å². The lowest BCUT2D eigenvalue weighted by Crippen LogP contribution is -2.40. The zero-order valence-electron chi connectivity index (χ0n) is 24.6. The van der Waals surface area contributed by atoms with Crippen LogP contribution in [0.4, 0.5) is 0 Å². The largest absolute Gasteiger partial charge is 0.497 e. The maximum absolute atomic E-state index is 6.28. The van der Waals surface area contributed by atoms with Crippen LogP contribution in [-0.2, 0) is 10.8 Å². The van der Waals surface area contributed by atoms with Crippen LogP contribution in [0.1, 0.15) is 116 Å². The second-order valence-electron chi connectivity index (χ2n) is 12.4. The van der Waals surface area contributed by atoms with Gasteiger partial charge in [0.25, 0.3) is 0 Å². The summed E-state index contributed by atoms with van der Waals surface area (Å²) in [4.78, 5) is 0. The first kappa shape index (κ1) is 30.9. The number of benzene rings is 2. The standard InChI is InChI=1S/C33H56O2Si/c1-33(2,3)36(5,6)35-26-20-18-16-14-12-10-8-7-9-11-13-15-17-19-21-29-22-23-31-28-32(34-4)25-24-30(31)27-29/h22-25,27-28H,7-21,26H2,1-6H3. The van der Waals surface area contributed by atoms with E-state index in [-0.39, 0.29) is 0 Å². The van der Waals surface area contributed by atoms with Gasteiger partial charge in [-0.3, -0.25) is 0 Å². The average molecular weight is 513 g/mol. The van der Waals surface area contributed by atoms with Crippen molar-refractivity contribution in [2.45, 2.75) is 135 Å². The number of methoxy groups -OCH3 is 1. The Hall–Kier alpha value is -1.32. The molecule has 3 heteroatoms. The van der Waals surface area contributed by atoms with Crippen LogP contribution in [0.25, 0.3) is 10.8 Å². The molecule has 2 rings (SSSR count). The third kappa shape index (κ3) is 11.8. The van der Waals surface area contributed by atoms with Gasteiger partial charge in [-0.05, 0) is 65.9 Å². The van der Waals surface area contributed by atoms with E-state index in [9.17, 15) is 0 Å². The third-order valence-corrected chi connectivity index (χ3v) is 12.8. The molecular weight excluding hydrogens is 456 g/mol. The lowest BCUT2D eigenvalue weighted by molar-refractivity contribution is 0.277. The van der Waals surface area contributed by atoms with Crippen LogP contribution in [0.5, 0.6) is 5.75 Å². The third-order valence-electron chi connectivity index (χ3n) is 8.24. The van der Waals surface area contributed by atoms with Gasteiger partial charge in [-0.1, -0.05) is 122 Å². The molecular formula is C33H56O2Si. The Morgan fingerprint density at radius 3 is 1.61 bits per heavy atom. The van der Waals surface area contributed by atoms with E-state index >= 15 is 0 Å². The summed E-state index contributed by atoms with van der Waals surface area (Å²) >= 11 is 0. The summed E-state index contributed by atoms with van der Waals surface area (Å²) in [6.45, 7) is 12.7. The van der Waals surface area contributed by atoms with E-state index in [0.717, 1.165) is 12.4 Å². The number of unbranched alkanes of at least 4 members (excludes halogenated alkanes) is 13. The number of rotatable bonds is 19. The highest BCUT2D eigenvalue weighted by atomic mass is 28.4. The number of fused-ring (bicyclic) bond motifs is 1. The van der Waals surface area contributed by atoms with E-state index < -0.39 is 8.32 Å². The molecule has 0 N–H and O–H groups in total. The predicted molar refractivity (Wildman–Crippen MR) is 162 cm³/mol. The van der Waals surface area contributed by atoms with Crippen molar-refractivity contribution in [1.29, 1.82) is 0 Å². The topological polar surface area (TPSA) is 18.5 Å². The summed E-state index contributed by atoms with van der Waals surface area (Å²) in [5, 5.41) is 2.92. The Bertz CT molecular complexity index is 852. The van der Waals surface area contributed by atoms with Crippen LogP contribution in [0, 0.1) is 0 Å². The van der Waals surface area contributed by atoms with Gasteiger partial charge in [0.2, 0.25) is 0 Å². The van der Waals surface area contributed by atoms with Crippen molar-refractivity contribution in [3.05, 3.63) is 42.0 Å². The molecule has 2 aromatic carbocycles. The summed E-state index contributed by atoms with van der Waals surface area (Å²) < 4.78 is 11.6. The Morgan fingerprint density at radius 1 is 0.611 bits per heavy atom. The SMILES string of the molecule is COc1ccc2cc(CCCCCCCCCCCCCCCCO[Si](C)(C)C(C)(C)C)ccc2c1. The highest BCUT2D eigenvalue weighted by Gasteiger charge is 2.36. The molecule has 0 aromatic heterocycles. The molecule has 204 valence electrons. The molecule has 0 aliphatic rings. The van der Waals surface area contributed by atoms with Crippen molar-refractivity contribution in [2.75, 3.05) is 13.7 Å². The second-order valence-corrected chi connectivity index (χ2v) is 17.2. The molecule has 0 amide bonds. The Labute approximate surface area is 224 Å². The van der Waals surface area contributed by atoms with Crippen molar-refractivity contribution in [1.82, 2.24) is 0 Å². The number of hydrogen-bond acceptors (Lipinski definition) is 2. The van der Waals surface area contributed by atoms with Gasteiger partial charge < -0.3 is 9.16 Å². The minimum Gasteiger partial charge on any atom is -0.497 e. The van der Waals surface area contributed by atoms with Gasteiger partial charge in [0.1, 0.15) is 5.75 Å². The smallest absolute Gasteiger partial charge is 0.191 e. The van der Waals surface area contributed by atoms with E-state index in [2.05, 4.69) is 70.3 Å². The fraction of sp³-hybridized carbons (Fsp3) is 0.697. The molecule has 0 radical (unpaired) electrons. The fourth-order valence-electron chi connectivity index (χ4n) is 4.65. The molecule has 0 bridgehead atoms. The molecule has 0 fully saturated rings. The second kappa shape index (κ2) is 16.5. The zero-order chi connectivity index (χ0) is 26.3. The molecule has 0 aliphatic heterocycles. The summed E-state index contributed by atoms with van der Waals surface area (Å²) in [5.41, 5.74) is 1.46. The highest BCUT2D eigenvalue weighted by Crippen LogP contribution is 2.36. The normalized spacial score (nSPS) is 12.4. The van der Waals surface area contributed by atoms with Crippen LogP contribution in [0.3, 0.4) is 0 Å².